The molecule has 2 N–H and O–H groups in total. The van der Waals surface area contributed by atoms with Gasteiger partial charge >= 0.3 is 0 Å². The van der Waals surface area contributed by atoms with Gasteiger partial charge in [-0.25, -0.2) is 0 Å². The molecule has 1 unspecified atom stereocenters. The molecule has 0 saturated heterocycles. The molecular formula is C15H21N3O. The SMILES string of the molecule is Cc1cccc(C#N)c1NC(C)C(=O)NCC(C)C. The van der Waals surface area contributed by atoms with E-state index in [1.165, 1.54) is 0 Å². The number of nitrogens with one attached hydrogen (secondary N) is 2. The lowest BCUT2D eigenvalue weighted by atomic mass is 10.1. The summed E-state index contributed by atoms with van der Waals surface area (Å²) in [6, 6.07) is 7.27. The molecule has 1 rings (SSSR count). The number of anilines is 1. The van der Waals surface area contributed by atoms with Crippen molar-refractivity contribution in [3.05, 3.63) is 29.3 Å². The second-order valence-corrected chi connectivity index (χ2v) is 5.11. The quantitative estimate of drug-likeness (QED) is 0.853. The van der Waals surface area contributed by atoms with E-state index in [-0.39, 0.29) is 11.9 Å². The number of rotatable bonds is 5. The summed E-state index contributed by atoms with van der Waals surface area (Å²) >= 11 is 0. The molecule has 4 heteroatoms. The summed E-state index contributed by atoms with van der Waals surface area (Å²) in [5, 5.41) is 15.1. The first kappa shape index (κ1) is 15.0. The lowest BCUT2D eigenvalue weighted by molar-refractivity contribution is -0.121. The van der Waals surface area contributed by atoms with E-state index >= 15 is 0 Å². The highest BCUT2D eigenvalue weighted by Gasteiger charge is 2.15. The van der Waals surface area contributed by atoms with Crippen molar-refractivity contribution in [3.8, 4) is 6.07 Å². The molecule has 0 spiro atoms. The highest BCUT2D eigenvalue weighted by atomic mass is 16.2. The molecule has 1 amide bonds. The monoisotopic (exact) mass is 259 g/mol. The molecule has 0 aliphatic heterocycles. The maximum absolute atomic E-state index is 11.9. The van der Waals surface area contributed by atoms with Gasteiger partial charge in [0.1, 0.15) is 12.1 Å². The van der Waals surface area contributed by atoms with Crippen molar-refractivity contribution in [1.29, 1.82) is 5.26 Å². The van der Waals surface area contributed by atoms with Crippen LogP contribution < -0.4 is 10.6 Å². The Bertz CT molecular complexity index is 489. The summed E-state index contributed by atoms with van der Waals surface area (Å²) in [5.74, 6) is 0.366. The molecule has 0 heterocycles. The van der Waals surface area contributed by atoms with Gasteiger partial charge in [0.2, 0.25) is 5.91 Å². The topological polar surface area (TPSA) is 64.9 Å². The van der Waals surface area contributed by atoms with Crippen molar-refractivity contribution >= 4 is 11.6 Å². The van der Waals surface area contributed by atoms with Crippen LogP contribution in [0.25, 0.3) is 0 Å². The van der Waals surface area contributed by atoms with Gasteiger partial charge < -0.3 is 10.6 Å². The molecule has 0 aliphatic rings. The zero-order valence-corrected chi connectivity index (χ0v) is 11.9. The van der Waals surface area contributed by atoms with Crippen LogP contribution >= 0.6 is 0 Å². The van der Waals surface area contributed by atoms with Crippen LogP contribution in [-0.4, -0.2) is 18.5 Å². The second-order valence-electron chi connectivity index (χ2n) is 5.11. The largest absolute Gasteiger partial charge is 0.373 e. The van der Waals surface area contributed by atoms with E-state index < -0.39 is 0 Å². The van der Waals surface area contributed by atoms with Crippen LogP contribution in [0.15, 0.2) is 18.2 Å². The number of carbonyl (C=O) groups excluding carboxylic acids is 1. The number of benzene rings is 1. The minimum Gasteiger partial charge on any atom is -0.373 e. The predicted octanol–water partition coefficient (Wildman–Crippen LogP) is 2.44. The lowest BCUT2D eigenvalue weighted by Gasteiger charge is -2.18. The van der Waals surface area contributed by atoms with Crippen molar-refractivity contribution in [2.75, 3.05) is 11.9 Å². The van der Waals surface area contributed by atoms with Gasteiger partial charge in [0.25, 0.3) is 0 Å². The summed E-state index contributed by atoms with van der Waals surface area (Å²) in [6.07, 6.45) is 0. The van der Waals surface area contributed by atoms with E-state index in [0.717, 1.165) is 11.3 Å². The summed E-state index contributed by atoms with van der Waals surface area (Å²) in [4.78, 5) is 11.9. The van der Waals surface area contributed by atoms with E-state index in [1.807, 2.05) is 32.9 Å². The minimum atomic E-state index is -0.369. The number of nitriles is 1. The molecular weight excluding hydrogens is 238 g/mol. The number of hydrogen-bond acceptors (Lipinski definition) is 3. The average Bonchev–Trinajstić information content (AvgIpc) is 2.37. The van der Waals surface area contributed by atoms with E-state index in [9.17, 15) is 4.79 Å². The minimum absolute atomic E-state index is 0.0548. The summed E-state index contributed by atoms with van der Waals surface area (Å²) in [6.45, 7) is 8.47. The first-order valence-electron chi connectivity index (χ1n) is 6.49. The first-order chi connectivity index (χ1) is 8.95. The van der Waals surface area contributed by atoms with Crippen LogP contribution in [0.4, 0.5) is 5.69 Å². The molecule has 0 fully saturated rings. The molecule has 0 saturated carbocycles. The fourth-order valence-corrected chi connectivity index (χ4v) is 1.69. The van der Waals surface area contributed by atoms with Crippen molar-refractivity contribution in [2.24, 2.45) is 5.92 Å². The van der Waals surface area contributed by atoms with Crippen molar-refractivity contribution in [3.63, 3.8) is 0 Å². The van der Waals surface area contributed by atoms with Crippen LogP contribution in [-0.2, 0) is 4.79 Å². The van der Waals surface area contributed by atoms with Crippen LogP contribution in [0, 0.1) is 24.2 Å². The molecule has 0 aromatic heterocycles. The molecule has 1 atom stereocenters. The fourth-order valence-electron chi connectivity index (χ4n) is 1.69. The van der Waals surface area contributed by atoms with Crippen molar-refractivity contribution in [2.45, 2.75) is 33.7 Å². The van der Waals surface area contributed by atoms with Gasteiger partial charge in [0.05, 0.1) is 11.3 Å². The number of nitrogens with zero attached hydrogens (tertiary/aromatic N) is 1. The highest BCUT2D eigenvalue weighted by Crippen LogP contribution is 2.20. The Hall–Kier alpha value is -2.02. The number of aryl methyl sites for hydroxylation is 1. The Morgan fingerprint density at radius 3 is 2.63 bits per heavy atom. The lowest BCUT2D eigenvalue weighted by Crippen LogP contribution is -2.39. The Balaban J connectivity index is 2.75. The van der Waals surface area contributed by atoms with E-state index in [2.05, 4.69) is 16.7 Å². The first-order valence-corrected chi connectivity index (χ1v) is 6.49. The summed E-state index contributed by atoms with van der Waals surface area (Å²) < 4.78 is 0. The highest BCUT2D eigenvalue weighted by molar-refractivity contribution is 5.85. The second kappa shape index (κ2) is 6.79. The third-order valence-electron chi connectivity index (χ3n) is 2.83. The summed E-state index contributed by atoms with van der Waals surface area (Å²) in [7, 11) is 0. The Kier molecular flexibility index (Phi) is 5.37. The molecule has 4 nitrogen and oxygen atoms in total. The summed E-state index contributed by atoms with van der Waals surface area (Å²) in [5.41, 5.74) is 2.25. The number of carbonyl (C=O) groups is 1. The van der Waals surface area contributed by atoms with Gasteiger partial charge in [-0.1, -0.05) is 26.0 Å². The van der Waals surface area contributed by atoms with E-state index in [1.54, 1.807) is 13.0 Å². The van der Waals surface area contributed by atoms with Gasteiger partial charge in [-0.3, -0.25) is 4.79 Å². The molecule has 0 aliphatic carbocycles. The van der Waals surface area contributed by atoms with Crippen molar-refractivity contribution < 1.29 is 4.79 Å². The maximum atomic E-state index is 11.9. The normalized spacial score (nSPS) is 11.8. The van der Waals surface area contributed by atoms with Crippen molar-refractivity contribution in [1.82, 2.24) is 5.32 Å². The molecule has 19 heavy (non-hydrogen) atoms. The van der Waals surface area contributed by atoms with E-state index in [0.29, 0.717) is 18.0 Å². The molecule has 102 valence electrons. The standard InChI is InChI=1S/C15H21N3O/c1-10(2)9-17-15(19)12(4)18-14-11(3)6-5-7-13(14)8-16/h5-7,10,12,18H,9H2,1-4H3,(H,17,19). The third-order valence-corrected chi connectivity index (χ3v) is 2.83. The van der Waals surface area contributed by atoms with Gasteiger partial charge in [-0.2, -0.15) is 5.26 Å². The van der Waals surface area contributed by atoms with Gasteiger partial charge in [0, 0.05) is 6.54 Å². The van der Waals surface area contributed by atoms with Crippen LogP contribution in [0.3, 0.4) is 0 Å². The van der Waals surface area contributed by atoms with Gasteiger partial charge in [-0.15, -0.1) is 0 Å². The Morgan fingerprint density at radius 1 is 1.37 bits per heavy atom. The molecule has 1 aromatic carbocycles. The molecule has 0 bridgehead atoms. The predicted molar refractivity (Wildman–Crippen MR) is 76.8 cm³/mol. The zero-order valence-electron chi connectivity index (χ0n) is 11.9. The molecule has 1 aromatic rings. The van der Waals surface area contributed by atoms with E-state index in [4.69, 9.17) is 5.26 Å². The van der Waals surface area contributed by atoms with Crippen LogP contribution in [0.1, 0.15) is 31.9 Å². The van der Waals surface area contributed by atoms with Gasteiger partial charge in [0.15, 0.2) is 0 Å². The Morgan fingerprint density at radius 2 is 2.05 bits per heavy atom. The smallest absolute Gasteiger partial charge is 0.242 e. The third kappa shape index (κ3) is 4.29. The number of hydrogen-bond donors (Lipinski definition) is 2. The van der Waals surface area contributed by atoms with Gasteiger partial charge in [-0.05, 0) is 31.4 Å². The maximum Gasteiger partial charge on any atom is 0.242 e. The van der Waals surface area contributed by atoms with Crippen LogP contribution in [0.5, 0.6) is 0 Å². The zero-order chi connectivity index (χ0) is 14.4. The molecule has 0 radical (unpaired) electrons. The number of para-hydroxylation sites is 1. The average molecular weight is 259 g/mol. The number of amides is 1. The van der Waals surface area contributed by atoms with Crippen LogP contribution in [0.2, 0.25) is 0 Å². The fraction of sp³-hybridized carbons (Fsp3) is 0.467. The Labute approximate surface area is 114 Å².